The van der Waals surface area contributed by atoms with E-state index in [9.17, 15) is 4.79 Å². The second-order valence-corrected chi connectivity index (χ2v) is 5.61. The molecule has 1 amide bonds. The van der Waals surface area contributed by atoms with Crippen LogP contribution in [-0.4, -0.2) is 61.0 Å². The van der Waals surface area contributed by atoms with Crippen LogP contribution in [0.5, 0.6) is 0 Å². The van der Waals surface area contributed by atoms with Gasteiger partial charge in [0.25, 0.3) is 0 Å². The predicted molar refractivity (Wildman–Crippen MR) is 68.9 cm³/mol. The van der Waals surface area contributed by atoms with Gasteiger partial charge < -0.3 is 10.2 Å². The first-order valence-electron chi connectivity index (χ1n) is 6.89. The topological polar surface area (TPSA) is 35.6 Å². The molecule has 0 aliphatic carbocycles. The average Bonchev–Trinajstić information content (AvgIpc) is 2.32. The highest BCUT2D eigenvalue weighted by atomic mass is 16.2. The molecule has 2 rings (SSSR count). The normalized spacial score (nSPS) is 31.5. The van der Waals surface area contributed by atoms with Gasteiger partial charge in [0.1, 0.15) is 0 Å². The monoisotopic (exact) mass is 239 g/mol. The van der Waals surface area contributed by atoms with E-state index in [2.05, 4.69) is 29.0 Å². The predicted octanol–water partition coefficient (Wildman–Crippen LogP) is 0.539. The number of carbonyl (C=O) groups excluding carboxylic acids is 1. The minimum absolute atomic E-state index is 0.324. The summed E-state index contributed by atoms with van der Waals surface area (Å²) in [4.78, 5) is 16.6. The Balaban J connectivity index is 1.83. The van der Waals surface area contributed by atoms with Gasteiger partial charge in [0.2, 0.25) is 5.91 Å². The number of piperidine rings is 1. The fourth-order valence-corrected chi connectivity index (χ4v) is 2.81. The number of rotatable bonds is 2. The van der Waals surface area contributed by atoms with Gasteiger partial charge in [-0.2, -0.15) is 0 Å². The molecule has 2 saturated heterocycles. The van der Waals surface area contributed by atoms with Crippen molar-refractivity contribution in [3.05, 3.63) is 0 Å². The molecule has 2 atom stereocenters. The molecule has 0 saturated carbocycles. The standard InChI is InChI=1S/C13H25N3O/c1-11-4-3-6-16(9-11)13(17)10-15-7-5-14-8-12(15)2/h11-12,14H,3-10H2,1-2H3/t11?,12-/m0/s1. The van der Waals surface area contributed by atoms with Crippen molar-refractivity contribution in [2.75, 3.05) is 39.3 Å². The fraction of sp³-hybridized carbons (Fsp3) is 0.923. The molecule has 2 aliphatic rings. The van der Waals surface area contributed by atoms with Crippen molar-refractivity contribution < 1.29 is 4.79 Å². The van der Waals surface area contributed by atoms with Crippen LogP contribution in [-0.2, 0) is 4.79 Å². The third-order valence-electron chi connectivity index (χ3n) is 3.99. The number of amides is 1. The van der Waals surface area contributed by atoms with E-state index in [-0.39, 0.29) is 0 Å². The van der Waals surface area contributed by atoms with Gasteiger partial charge in [-0.15, -0.1) is 0 Å². The minimum Gasteiger partial charge on any atom is -0.341 e. The number of nitrogens with one attached hydrogen (secondary N) is 1. The van der Waals surface area contributed by atoms with Crippen LogP contribution in [0.4, 0.5) is 0 Å². The maximum atomic E-state index is 12.2. The van der Waals surface area contributed by atoms with Gasteiger partial charge in [0.05, 0.1) is 6.54 Å². The lowest BCUT2D eigenvalue weighted by Gasteiger charge is -2.36. The Morgan fingerprint density at radius 3 is 2.88 bits per heavy atom. The van der Waals surface area contributed by atoms with E-state index in [1.54, 1.807) is 0 Å². The van der Waals surface area contributed by atoms with Crippen LogP contribution in [0.3, 0.4) is 0 Å². The highest BCUT2D eigenvalue weighted by Gasteiger charge is 2.25. The first kappa shape index (κ1) is 12.8. The van der Waals surface area contributed by atoms with Crippen LogP contribution in [0.15, 0.2) is 0 Å². The molecule has 2 fully saturated rings. The molecule has 0 aromatic carbocycles. The number of hydrogen-bond acceptors (Lipinski definition) is 3. The van der Waals surface area contributed by atoms with E-state index in [1.807, 2.05) is 0 Å². The SMILES string of the molecule is CC1CCCN(C(=O)CN2CCNC[C@@H]2C)C1. The number of hydrogen-bond donors (Lipinski definition) is 1. The molecule has 4 nitrogen and oxygen atoms in total. The molecule has 0 aromatic rings. The van der Waals surface area contributed by atoms with Crippen molar-refractivity contribution in [2.24, 2.45) is 5.92 Å². The summed E-state index contributed by atoms with van der Waals surface area (Å²) in [5.41, 5.74) is 0. The van der Waals surface area contributed by atoms with Crippen LogP contribution in [0, 0.1) is 5.92 Å². The van der Waals surface area contributed by atoms with Gasteiger partial charge in [0.15, 0.2) is 0 Å². The summed E-state index contributed by atoms with van der Waals surface area (Å²) in [6.45, 7) is 9.97. The highest BCUT2D eigenvalue weighted by molar-refractivity contribution is 5.78. The number of carbonyl (C=O) groups is 1. The van der Waals surface area contributed by atoms with E-state index in [4.69, 9.17) is 0 Å². The van der Waals surface area contributed by atoms with Crippen molar-refractivity contribution in [3.63, 3.8) is 0 Å². The van der Waals surface area contributed by atoms with Crippen molar-refractivity contribution in [1.82, 2.24) is 15.1 Å². The number of nitrogens with zero attached hydrogens (tertiary/aromatic N) is 2. The van der Waals surface area contributed by atoms with E-state index in [0.717, 1.165) is 32.7 Å². The summed E-state index contributed by atoms with van der Waals surface area (Å²) < 4.78 is 0. The summed E-state index contributed by atoms with van der Waals surface area (Å²) in [5.74, 6) is 0.999. The van der Waals surface area contributed by atoms with Crippen LogP contribution in [0.25, 0.3) is 0 Å². The van der Waals surface area contributed by atoms with Gasteiger partial charge in [-0.25, -0.2) is 0 Å². The maximum absolute atomic E-state index is 12.2. The van der Waals surface area contributed by atoms with E-state index in [0.29, 0.717) is 24.4 Å². The molecule has 4 heteroatoms. The molecule has 98 valence electrons. The second-order valence-electron chi connectivity index (χ2n) is 5.61. The van der Waals surface area contributed by atoms with E-state index in [1.165, 1.54) is 12.8 Å². The second kappa shape index (κ2) is 5.83. The summed E-state index contributed by atoms with van der Waals surface area (Å²) >= 11 is 0. The summed E-state index contributed by atoms with van der Waals surface area (Å²) in [5, 5.41) is 3.36. The lowest BCUT2D eigenvalue weighted by Crippen LogP contribution is -2.54. The third-order valence-corrected chi connectivity index (χ3v) is 3.99. The largest absolute Gasteiger partial charge is 0.341 e. The Morgan fingerprint density at radius 1 is 1.35 bits per heavy atom. The number of likely N-dealkylation sites (tertiary alicyclic amines) is 1. The lowest BCUT2D eigenvalue weighted by atomic mass is 10.0. The molecule has 2 heterocycles. The molecule has 1 N–H and O–H groups in total. The van der Waals surface area contributed by atoms with Gasteiger partial charge in [-0.3, -0.25) is 9.69 Å². The highest BCUT2D eigenvalue weighted by Crippen LogP contribution is 2.16. The van der Waals surface area contributed by atoms with Crippen molar-refractivity contribution in [2.45, 2.75) is 32.7 Å². The quantitative estimate of drug-likeness (QED) is 0.764. The third kappa shape index (κ3) is 3.42. The summed E-state index contributed by atoms with van der Waals surface area (Å²) in [6, 6.07) is 0.481. The molecule has 0 radical (unpaired) electrons. The average molecular weight is 239 g/mol. The van der Waals surface area contributed by atoms with E-state index < -0.39 is 0 Å². The molecular weight excluding hydrogens is 214 g/mol. The smallest absolute Gasteiger partial charge is 0.236 e. The zero-order chi connectivity index (χ0) is 12.3. The van der Waals surface area contributed by atoms with Crippen molar-refractivity contribution >= 4 is 5.91 Å². The Bertz CT molecular complexity index is 269. The first-order valence-corrected chi connectivity index (χ1v) is 6.89. The summed E-state index contributed by atoms with van der Waals surface area (Å²) in [6.07, 6.45) is 2.44. The first-order chi connectivity index (χ1) is 8.16. The zero-order valence-electron chi connectivity index (χ0n) is 11.1. The van der Waals surface area contributed by atoms with Crippen molar-refractivity contribution in [3.8, 4) is 0 Å². The Hall–Kier alpha value is -0.610. The Labute approximate surface area is 104 Å². The van der Waals surface area contributed by atoms with E-state index >= 15 is 0 Å². The molecule has 17 heavy (non-hydrogen) atoms. The molecule has 0 spiro atoms. The molecule has 0 bridgehead atoms. The van der Waals surface area contributed by atoms with Gasteiger partial charge in [-0.1, -0.05) is 6.92 Å². The molecular formula is C13H25N3O. The minimum atomic E-state index is 0.324. The van der Waals surface area contributed by atoms with Crippen LogP contribution >= 0.6 is 0 Å². The van der Waals surface area contributed by atoms with Crippen LogP contribution < -0.4 is 5.32 Å². The fourth-order valence-electron chi connectivity index (χ4n) is 2.81. The lowest BCUT2D eigenvalue weighted by molar-refractivity contribution is -0.134. The van der Waals surface area contributed by atoms with Crippen molar-refractivity contribution in [1.29, 1.82) is 0 Å². The zero-order valence-corrected chi connectivity index (χ0v) is 11.1. The molecule has 2 aliphatic heterocycles. The van der Waals surface area contributed by atoms with Crippen LogP contribution in [0.1, 0.15) is 26.7 Å². The van der Waals surface area contributed by atoms with Gasteiger partial charge in [0, 0.05) is 38.8 Å². The molecule has 0 aromatic heterocycles. The summed E-state index contributed by atoms with van der Waals surface area (Å²) in [7, 11) is 0. The Kier molecular flexibility index (Phi) is 4.40. The van der Waals surface area contributed by atoms with Gasteiger partial charge >= 0.3 is 0 Å². The molecule has 1 unspecified atom stereocenters. The maximum Gasteiger partial charge on any atom is 0.236 e. The van der Waals surface area contributed by atoms with Crippen LogP contribution in [0.2, 0.25) is 0 Å². The van der Waals surface area contributed by atoms with Gasteiger partial charge in [-0.05, 0) is 25.7 Å². The number of piperazine rings is 1. The Morgan fingerprint density at radius 2 is 2.18 bits per heavy atom.